The number of carbonyl (C=O) groups is 6. The summed E-state index contributed by atoms with van der Waals surface area (Å²) >= 11 is 0. The number of esters is 6. The maximum absolute atomic E-state index is 11.1. The number of ether oxygens (including phenoxy) is 6. The molecule has 0 amide bonds. The van der Waals surface area contributed by atoms with Gasteiger partial charge >= 0.3 is 35.8 Å². The molecule has 0 aromatic carbocycles. The van der Waals surface area contributed by atoms with Crippen LogP contribution in [-0.2, 0) is 57.2 Å². The molecule has 6 unspecified atom stereocenters. The molecule has 12 nitrogen and oxygen atoms in total. The van der Waals surface area contributed by atoms with Crippen molar-refractivity contribution < 1.29 is 57.2 Å². The molecule has 6 aliphatic rings. The van der Waals surface area contributed by atoms with Crippen LogP contribution in [0.5, 0.6) is 0 Å². The van der Waals surface area contributed by atoms with E-state index in [1.54, 1.807) is 0 Å². The Kier molecular flexibility index (Phi) is 56.9. The number of cyclic esters (lactones) is 6. The van der Waals surface area contributed by atoms with E-state index in [-0.39, 0.29) is 71.4 Å². The molecule has 92 heavy (non-hydrogen) atoms. The average molecular weight is 1300 g/mol. The summed E-state index contributed by atoms with van der Waals surface area (Å²) in [6.45, 7) is 17.6. The second-order valence-electron chi connectivity index (χ2n) is 28.8. The highest BCUT2D eigenvalue weighted by molar-refractivity contribution is 5.73. The van der Waals surface area contributed by atoms with Gasteiger partial charge in [0.2, 0.25) is 0 Å². The Morgan fingerprint density at radius 2 is 0.478 bits per heavy atom. The third-order valence-electron chi connectivity index (χ3n) is 19.4. The van der Waals surface area contributed by atoms with Gasteiger partial charge in [0.05, 0.1) is 0 Å². The van der Waals surface area contributed by atoms with Gasteiger partial charge in [0.1, 0.15) is 35.6 Å². The zero-order valence-corrected chi connectivity index (χ0v) is 61.6. The Bertz CT molecular complexity index is 1780. The molecule has 540 valence electrons. The molecule has 0 aromatic heterocycles. The Labute approximate surface area is 566 Å². The largest absolute Gasteiger partial charge is 0.462 e. The maximum atomic E-state index is 11.1. The molecule has 6 rings (SSSR count). The molecule has 0 saturated carbocycles. The van der Waals surface area contributed by atoms with Crippen LogP contribution in [0, 0.1) is 0 Å². The molecule has 0 bridgehead atoms. The lowest BCUT2D eigenvalue weighted by molar-refractivity contribution is -0.154. The van der Waals surface area contributed by atoms with Gasteiger partial charge in [-0.1, -0.05) is 266 Å². The van der Waals surface area contributed by atoms with Gasteiger partial charge in [-0.3, -0.25) is 28.8 Å². The number of rotatable bonds is 47. The zero-order valence-electron chi connectivity index (χ0n) is 61.6. The van der Waals surface area contributed by atoms with E-state index in [1.165, 1.54) is 263 Å². The SMILES string of the molecule is CCCCCCCCC1(C)CCC(=O)O1.CCCCCCCCC1CCC(=O)O1.CCCCCCCCCC1(C)CCC(=O)O1.CCCCCCCCCC1CCC(=O)O1.CCCCCCCCCC1CCCC(=O)O1.CCCCCCCCCCC1CCC(=O)O1. The van der Waals surface area contributed by atoms with E-state index in [2.05, 4.69) is 55.4 Å². The van der Waals surface area contributed by atoms with E-state index in [1.807, 2.05) is 0 Å². The van der Waals surface area contributed by atoms with E-state index >= 15 is 0 Å². The van der Waals surface area contributed by atoms with Gasteiger partial charge in [-0.15, -0.1) is 0 Å². The Morgan fingerprint density at radius 3 is 0.696 bits per heavy atom. The summed E-state index contributed by atoms with van der Waals surface area (Å²) in [5.41, 5.74) is -0.275. The quantitative estimate of drug-likeness (QED) is 0.0323. The second-order valence-corrected chi connectivity index (χ2v) is 28.8. The third-order valence-corrected chi connectivity index (χ3v) is 19.4. The van der Waals surface area contributed by atoms with E-state index in [0.717, 1.165) is 83.5 Å². The summed E-state index contributed by atoms with van der Waals surface area (Å²) < 4.78 is 31.5. The molecule has 0 radical (unpaired) electrons. The van der Waals surface area contributed by atoms with Crippen molar-refractivity contribution in [2.24, 2.45) is 0 Å². The fraction of sp³-hybridized carbons (Fsp3) is 0.925. The second kappa shape index (κ2) is 60.2. The fourth-order valence-electron chi connectivity index (χ4n) is 13.2. The van der Waals surface area contributed by atoms with E-state index < -0.39 is 0 Å². The number of hydrogen-bond donors (Lipinski definition) is 0. The van der Waals surface area contributed by atoms with Gasteiger partial charge in [-0.05, 0) is 136 Å². The van der Waals surface area contributed by atoms with Crippen LogP contribution in [0.2, 0.25) is 0 Å². The lowest BCUT2D eigenvalue weighted by Crippen LogP contribution is -2.23. The minimum Gasteiger partial charge on any atom is -0.462 e. The molecule has 0 aromatic rings. The summed E-state index contributed by atoms with van der Waals surface area (Å²) in [6, 6.07) is 0. The first-order valence-electron chi connectivity index (χ1n) is 39.8. The molecule has 6 heterocycles. The molecule has 0 aliphatic carbocycles. The van der Waals surface area contributed by atoms with Crippen LogP contribution in [0.15, 0.2) is 0 Å². The van der Waals surface area contributed by atoms with Crippen molar-refractivity contribution in [3.8, 4) is 0 Å². The Hall–Kier alpha value is -3.18. The Balaban J connectivity index is 0.000000552. The van der Waals surface area contributed by atoms with Crippen LogP contribution < -0.4 is 0 Å². The molecule has 6 fully saturated rings. The van der Waals surface area contributed by atoms with E-state index in [0.29, 0.717) is 38.5 Å². The minimum atomic E-state index is -0.138. The predicted molar refractivity (Wildman–Crippen MR) is 380 cm³/mol. The van der Waals surface area contributed by atoms with Crippen LogP contribution >= 0.6 is 0 Å². The van der Waals surface area contributed by atoms with Crippen molar-refractivity contribution >= 4 is 35.8 Å². The maximum Gasteiger partial charge on any atom is 0.306 e. The van der Waals surface area contributed by atoms with Gasteiger partial charge < -0.3 is 28.4 Å². The molecule has 12 heteroatoms. The monoisotopic (exact) mass is 1300 g/mol. The summed E-state index contributed by atoms with van der Waals surface area (Å²) in [7, 11) is 0. The molecule has 0 spiro atoms. The topological polar surface area (TPSA) is 158 Å². The minimum absolute atomic E-state index is 0.000910. The highest BCUT2D eigenvalue weighted by Gasteiger charge is 2.36. The van der Waals surface area contributed by atoms with Crippen LogP contribution in [0.4, 0.5) is 0 Å². The van der Waals surface area contributed by atoms with Gasteiger partial charge in [-0.25, -0.2) is 0 Å². The van der Waals surface area contributed by atoms with E-state index in [4.69, 9.17) is 28.4 Å². The number of carbonyl (C=O) groups excluding carboxylic acids is 6. The molecule has 0 N–H and O–H groups in total. The van der Waals surface area contributed by atoms with Crippen LogP contribution in [0.3, 0.4) is 0 Å². The highest BCUT2D eigenvalue weighted by atomic mass is 16.6. The first kappa shape index (κ1) is 86.8. The first-order valence-corrected chi connectivity index (χ1v) is 39.8. The lowest BCUT2D eigenvalue weighted by Gasteiger charge is -2.22. The van der Waals surface area contributed by atoms with Gasteiger partial charge in [0.15, 0.2) is 0 Å². The lowest BCUT2D eigenvalue weighted by atomic mass is 9.95. The summed E-state index contributed by atoms with van der Waals surface area (Å²) in [5.74, 6) is 0.00150. The van der Waals surface area contributed by atoms with Gasteiger partial charge in [-0.2, -0.15) is 0 Å². The third kappa shape index (κ3) is 52.1. The summed E-state index contributed by atoms with van der Waals surface area (Å²) in [6.07, 6.45) is 72.4. The molecule has 6 saturated heterocycles. The number of unbranched alkanes of at least 4 members (excludes halogenated alkanes) is 35. The van der Waals surface area contributed by atoms with Crippen molar-refractivity contribution in [3.63, 3.8) is 0 Å². The van der Waals surface area contributed by atoms with Crippen LogP contribution in [0.1, 0.15) is 441 Å². The number of hydrogen-bond acceptors (Lipinski definition) is 12. The smallest absolute Gasteiger partial charge is 0.306 e. The van der Waals surface area contributed by atoms with Crippen molar-refractivity contribution in [2.45, 2.75) is 476 Å². The summed E-state index contributed by atoms with van der Waals surface area (Å²) in [5, 5.41) is 0. The highest BCUT2D eigenvalue weighted by Crippen LogP contribution is 2.33. The van der Waals surface area contributed by atoms with Gasteiger partial charge in [0, 0.05) is 38.5 Å². The first-order chi connectivity index (χ1) is 44.6. The van der Waals surface area contributed by atoms with Crippen LogP contribution in [-0.4, -0.2) is 71.4 Å². The normalized spacial score (nSPS) is 22.2. The standard InChI is InChI=1S/3C14H26O2.2C13H24O2.C12H22O2/c1-3-4-5-6-7-8-9-11-14(2)12-10-13(15)16-14;1-2-3-4-5-6-7-8-10-13-11-9-12-14(15)16-13;1-2-3-4-5-6-7-8-9-10-13-11-12-14(15)16-13;1-3-4-5-6-7-8-10-13(2)11-9-12(14)15-13;1-2-3-4-5-6-7-8-9-12-10-11-13(14)15-12;1-2-3-4-5-6-7-8-11-9-10-12(13)14-11/h3-12H2,1-2H3;2*13H,2-12H2,1H3;3-11H2,1-2H3;12H,2-11H2,1H3;11H,2-10H2,1H3. The molecule has 6 atom stereocenters. The van der Waals surface area contributed by atoms with Crippen molar-refractivity contribution in [2.75, 3.05) is 0 Å². The van der Waals surface area contributed by atoms with E-state index in [9.17, 15) is 28.8 Å². The zero-order chi connectivity index (χ0) is 67.4. The average Bonchev–Trinajstić information content (AvgIpc) is 2.05. The van der Waals surface area contributed by atoms with Crippen molar-refractivity contribution in [1.82, 2.24) is 0 Å². The fourth-order valence-corrected chi connectivity index (χ4v) is 13.2. The van der Waals surface area contributed by atoms with Gasteiger partial charge in [0.25, 0.3) is 0 Å². The van der Waals surface area contributed by atoms with Crippen molar-refractivity contribution in [3.05, 3.63) is 0 Å². The molecular formula is C80H148O12. The molecule has 6 aliphatic heterocycles. The van der Waals surface area contributed by atoms with Crippen LogP contribution in [0.25, 0.3) is 0 Å². The molecular weight excluding hydrogens is 1150 g/mol. The predicted octanol–water partition coefficient (Wildman–Crippen LogP) is 23.8. The Morgan fingerprint density at radius 1 is 0.261 bits per heavy atom. The van der Waals surface area contributed by atoms with Crippen molar-refractivity contribution in [1.29, 1.82) is 0 Å². The summed E-state index contributed by atoms with van der Waals surface area (Å²) in [4.78, 5) is 65.6.